The largest absolute Gasteiger partial charge is 0.342 e. The molecule has 2 N–H and O–H groups in total. The summed E-state index contributed by atoms with van der Waals surface area (Å²) in [6, 6.07) is 7.64. The molecule has 1 unspecified atom stereocenters. The molecular weight excluding hydrogens is 278 g/mol. The van der Waals surface area contributed by atoms with E-state index in [2.05, 4.69) is 25.5 Å². The van der Waals surface area contributed by atoms with E-state index in [0.29, 0.717) is 17.1 Å². The second-order valence-electron chi connectivity index (χ2n) is 5.38. The Hall–Kier alpha value is -2.76. The molecule has 22 heavy (non-hydrogen) atoms. The number of benzene rings is 1. The Morgan fingerprint density at radius 1 is 1.27 bits per heavy atom. The molecular formula is C16H17N5O. The number of amides is 1. The van der Waals surface area contributed by atoms with Gasteiger partial charge in [-0.3, -0.25) is 14.9 Å². The third-order valence-corrected chi connectivity index (χ3v) is 3.60. The van der Waals surface area contributed by atoms with Crippen LogP contribution in [0.15, 0.2) is 30.6 Å². The molecule has 112 valence electrons. The van der Waals surface area contributed by atoms with Crippen molar-refractivity contribution in [2.45, 2.75) is 26.8 Å². The summed E-state index contributed by atoms with van der Waals surface area (Å²) in [5.41, 5.74) is 3.31. The van der Waals surface area contributed by atoms with Crippen molar-refractivity contribution in [2.24, 2.45) is 0 Å². The van der Waals surface area contributed by atoms with E-state index < -0.39 is 0 Å². The quantitative estimate of drug-likeness (QED) is 0.777. The van der Waals surface area contributed by atoms with Crippen LogP contribution in [-0.4, -0.2) is 26.1 Å². The van der Waals surface area contributed by atoms with Crippen molar-refractivity contribution in [2.75, 3.05) is 0 Å². The first-order valence-corrected chi connectivity index (χ1v) is 7.09. The van der Waals surface area contributed by atoms with Gasteiger partial charge in [-0.2, -0.15) is 5.10 Å². The first-order valence-electron chi connectivity index (χ1n) is 7.09. The summed E-state index contributed by atoms with van der Waals surface area (Å²) in [5, 5.41) is 10.4. The van der Waals surface area contributed by atoms with Crippen molar-refractivity contribution >= 4 is 16.8 Å². The van der Waals surface area contributed by atoms with Gasteiger partial charge in [0.1, 0.15) is 12.2 Å². The molecule has 0 aliphatic heterocycles. The van der Waals surface area contributed by atoms with Crippen LogP contribution in [0.4, 0.5) is 0 Å². The van der Waals surface area contributed by atoms with Crippen LogP contribution in [0, 0.1) is 13.8 Å². The zero-order valence-electron chi connectivity index (χ0n) is 12.7. The lowest BCUT2D eigenvalue weighted by Gasteiger charge is -2.13. The number of nitrogens with zero attached hydrogens (tertiary/aromatic N) is 3. The molecule has 0 saturated carbocycles. The summed E-state index contributed by atoms with van der Waals surface area (Å²) >= 11 is 0. The number of H-pyrrole nitrogens is 1. The Morgan fingerprint density at radius 2 is 2.09 bits per heavy atom. The lowest BCUT2D eigenvalue weighted by atomic mass is 10.1. The van der Waals surface area contributed by atoms with Gasteiger partial charge in [-0.15, -0.1) is 0 Å². The van der Waals surface area contributed by atoms with Gasteiger partial charge in [-0.05, 0) is 39.0 Å². The molecule has 0 bridgehead atoms. The van der Waals surface area contributed by atoms with E-state index in [1.807, 2.05) is 45.0 Å². The highest BCUT2D eigenvalue weighted by molar-refractivity contribution is 5.98. The number of pyridine rings is 1. The topological polar surface area (TPSA) is 83.6 Å². The monoisotopic (exact) mass is 295 g/mol. The van der Waals surface area contributed by atoms with Gasteiger partial charge in [0.15, 0.2) is 0 Å². The number of carbonyl (C=O) groups is 1. The van der Waals surface area contributed by atoms with Crippen molar-refractivity contribution < 1.29 is 4.79 Å². The third kappa shape index (κ3) is 2.67. The number of rotatable bonds is 3. The maximum atomic E-state index is 12.5. The van der Waals surface area contributed by atoms with Crippen molar-refractivity contribution in [1.82, 2.24) is 25.5 Å². The average Bonchev–Trinajstić information content (AvgIpc) is 3.01. The van der Waals surface area contributed by atoms with Crippen LogP contribution in [0.25, 0.3) is 10.9 Å². The Kier molecular flexibility index (Phi) is 3.58. The minimum absolute atomic E-state index is 0.169. The molecule has 0 spiro atoms. The minimum atomic E-state index is -0.248. The van der Waals surface area contributed by atoms with Gasteiger partial charge in [0, 0.05) is 5.39 Å². The first kappa shape index (κ1) is 14.2. The molecule has 0 radical (unpaired) electrons. The molecule has 1 atom stereocenters. The second kappa shape index (κ2) is 5.55. The predicted octanol–water partition coefficient (Wildman–Crippen LogP) is 2.46. The molecule has 0 aliphatic carbocycles. The maximum Gasteiger partial charge on any atom is 0.253 e. The summed E-state index contributed by atoms with van der Waals surface area (Å²) in [4.78, 5) is 21.0. The summed E-state index contributed by atoms with van der Waals surface area (Å²) in [7, 11) is 0. The Morgan fingerprint density at radius 3 is 2.82 bits per heavy atom. The fourth-order valence-corrected chi connectivity index (χ4v) is 2.39. The lowest BCUT2D eigenvalue weighted by Crippen LogP contribution is -2.28. The van der Waals surface area contributed by atoms with E-state index in [1.54, 1.807) is 0 Å². The lowest BCUT2D eigenvalue weighted by molar-refractivity contribution is 0.0937. The Bertz CT molecular complexity index is 826. The van der Waals surface area contributed by atoms with E-state index >= 15 is 0 Å². The fraction of sp³-hybridized carbons (Fsp3) is 0.250. The molecule has 2 aromatic heterocycles. The Labute approximate surface area is 128 Å². The summed E-state index contributed by atoms with van der Waals surface area (Å²) < 4.78 is 0. The smallest absolute Gasteiger partial charge is 0.253 e. The minimum Gasteiger partial charge on any atom is -0.342 e. The van der Waals surface area contributed by atoms with Gasteiger partial charge in [-0.25, -0.2) is 4.98 Å². The van der Waals surface area contributed by atoms with E-state index in [0.717, 1.165) is 16.5 Å². The number of aromatic amines is 1. The molecule has 1 amide bonds. The zero-order chi connectivity index (χ0) is 15.7. The normalized spacial score (nSPS) is 12.3. The van der Waals surface area contributed by atoms with Crippen LogP contribution in [0.3, 0.4) is 0 Å². The van der Waals surface area contributed by atoms with Crippen LogP contribution >= 0.6 is 0 Å². The van der Waals surface area contributed by atoms with Crippen molar-refractivity contribution in [1.29, 1.82) is 0 Å². The molecule has 1 aromatic carbocycles. The van der Waals surface area contributed by atoms with E-state index in [4.69, 9.17) is 0 Å². The van der Waals surface area contributed by atoms with Gasteiger partial charge in [0.25, 0.3) is 5.91 Å². The number of hydrogen-bond donors (Lipinski definition) is 2. The fourth-order valence-electron chi connectivity index (χ4n) is 2.39. The number of aryl methyl sites for hydroxylation is 2. The molecule has 6 nitrogen and oxygen atoms in total. The third-order valence-electron chi connectivity index (χ3n) is 3.60. The highest BCUT2D eigenvalue weighted by Gasteiger charge is 2.16. The number of fused-ring (bicyclic) bond motifs is 1. The van der Waals surface area contributed by atoms with E-state index in [1.165, 1.54) is 6.33 Å². The van der Waals surface area contributed by atoms with Crippen molar-refractivity contribution in [3.8, 4) is 0 Å². The van der Waals surface area contributed by atoms with Crippen molar-refractivity contribution in [3.05, 3.63) is 53.2 Å². The van der Waals surface area contributed by atoms with Crippen LogP contribution in [-0.2, 0) is 0 Å². The zero-order valence-corrected chi connectivity index (χ0v) is 12.7. The molecule has 3 aromatic rings. The van der Waals surface area contributed by atoms with Crippen LogP contribution in [0.2, 0.25) is 0 Å². The van der Waals surface area contributed by atoms with Gasteiger partial charge < -0.3 is 5.32 Å². The SMILES string of the molecule is Cc1ccc2nc(C)c(C(=O)NC(C)c3ncn[nH]3)cc2c1. The van der Waals surface area contributed by atoms with E-state index in [-0.39, 0.29) is 11.9 Å². The molecule has 0 aliphatic rings. The van der Waals surface area contributed by atoms with Gasteiger partial charge in [-0.1, -0.05) is 11.6 Å². The number of aromatic nitrogens is 4. The molecule has 0 saturated heterocycles. The number of nitrogens with one attached hydrogen (secondary N) is 2. The van der Waals surface area contributed by atoms with Crippen LogP contribution < -0.4 is 5.32 Å². The predicted molar refractivity (Wildman–Crippen MR) is 83.5 cm³/mol. The van der Waals surface area contributed by atoms with Crippen molar-refractivity contribution in [3.63, 3.8) is 0 Å². The summed E-state index contributed by atoms with van der Waals surface area (Å²) in [5.74, 6) is 0.452. The van der Waals surface area contributed by atoms with E-state index in [9.17, 15) is 4.79 Å². The molecule has 3 rings (SSSR count). The second-order valence-corrected chi connectivity index (χ2v) is 5.38. The molecule has 6 heteroatoms. The standard InChI is InChI=1S/C16H17N5O/c1-9-4-5-14-12(6-9)7-13(10(2)19-14)16(22)20-11(3)15-17-8-18-21-15/h4-8,11H,1-3H3,(H,20,22)(H,17,18,21). The first-order chi connectivity index (χ1) is 10.5. The summed E-state index contributed by atoms with van der Waals surface area (Å²) in [6.45, 7) is 5.71. The van der Waals surface area contributed by atoms with Crippen LogP contribution in [0.5, 0.6) is 0 Å². The van der Waals surface area contributed by atoms with Gasteiger partial charge >= 0.3 is 0 Å². The van der Waals surface area contributed by atoms with Crippen LogP contribution in [0.1, 0.15) is 40.4 Å². The maximum absolute atomic E-state index is 12.5. The molecule has 0 fully saturated rings. The molecule has 2 heterocycles. The van der Waals surface area contributed by atoms with Gasteiger partial charge in [0.2, 0.25) is 0 Å². The van der Waals surface area contributed by atoms with Gasteiger partial charge in [0.05, 0.1) is 22.8 Å². The highest BCUT2D eigenvalue weighted by Crippen LogP contribution is 2.18. The number of hydrogen-bond acceptors (Lipinski definition) is 4. The summed E-state index contributed by atoms with van der Waals surface area (Å²) in [6.07, 6.45) is 1.42. The number of carbonyl (C=O) groups excluding carboxylic acids is 1. The average molecular weight is 295 g/mol. The highest BCUT2D eigenvalue weighted by atomic mass is 16.1. The Balaban J connectivity index is 1.91.